The van der Waals surface area contributed by atoms with E-state index in [-0.39, 0.29) is 23.6 Å². The summed E-state index contributed by atoms with van der Waals surface area (Å²) in [5.41, 5.74) is 3.64. The Balaban J connectivity index is 1.25. The van der Waals surface area contributed by atoms with E-state index in [1.807, 2.05) is 50.1 Å². The topological polar surface area (TPSA) is 78.4 Å². The first-order chi connectivity index (χ1) is 17.8. The molecule has 0 bridgehead atoms. The van der Waals surface area contributed by atoms with Gasteiger partial charge in [-0.2, -0.15) is 0 Å². The fourth-order valence-electron chi connectivity index (χ4n) is 5.48. The van der Waals surface area contributed by atoms with Crippen LogP contribution in [0.15, 0.2) is 48.5 Å². The second-order valence-electron chi connectivity index (χ2n) is 10.0. The minimum atomic E-state index is -0.542. The number of fused-ring (bicyclic) bond motifs is 1. The third-order valence-electron chi connectivity index (χ3n) is 7.50. The Bertz CT molecular complexity index is 1320. The van der Waals surface area contributed by atoms with Crippen LogP contribution in [0.3, 0.4) is 0 Å². The minimum Gasteiger partial charge on any atom is -0.356 e. The van der Waals surface area contributed by atoms with Crippen molar-refractivity contribution in [1.82, 2.24) is 20.2 Å². The van der Waals surface area contributed by atoms with Crippen LogP contribution in [-0.2, 0) is 6.42 Å². The molecule has 5 rings (SSSR count). The van der Waals surface area contributed by atoms with Crippen molar-refractivity contribution in [3.8, 4) is 0 Å². The first-order valence-electron chi connectivity index (χ1n) is 12.8. The third-order valence-corrected chi connectivity index (χ3v) is 7.50. The normalized spacial score (nSPS) is 17.4. The SMILES string of the molecule is Cc1cc(N2CCC(N(C)C(=O)c3ccc4c(c3)[C@H](NC(=O)c3ccccc3F)CC4)CC2)nc(C)n1. The van der Waals surface area contributed by atoms with E-state index in [1.54, 1.807) is 12.1 Å². The van der Waals surface area contributed by atoms with E-state index in [9.17, 15) is 14.0 Å². The van der Waals surface area contributed by atoms with Crippen molar-refractivity contribution < 1.29 is 14.0 Å². The summed E-state index contributed by atoms with van der Waals surface area (Å²) < 4.78 is 14.1. The summed E-state index contributed by atoms with van der Waals surface area (Å²) in [6, 6.07) is 13.6. The number of amides is 2. The molecule has 0 radical (unpaired) electrons. The van der Waals surface area contributed by atoms with Gasteiger partial charge >= 0.3 is 0 Å². The number of nitrogens with one attached hydrogen (secondary N) is 1. The molecule has 3 aromatic rings. The van der Waals surface area contributed by atoms with Crippen LogP contribution in [0.4, 0.5) is 10.2 Å². The lowest BCUT2D eigenvalue weighted by Gasteiger charge is -2.37. The number of carbonyl (C=O) groups excluding carboxylic acids is 2. The van der Waals surface area contributed by atoms with Crippen molar-refractivity contribution in [2.45, 2.75) is 51.6 Å². The molecule has 0 unspecified atom stereocenters. The number of hydrogen-bond acceptors (Lipinski definition) is 5. The smallest absolute Gasteiger partial charge is 0.254 e. The Morgan fingerprint density at radius 2 is 1.78 bits per heavy atom. The molecule has 37 heavy (non-hydrogen) atoms. The number of carbonyl (C=O) groups is 2. The number of halogens is 1. The van der Waals surface area contributed by atoms with Gasteiger partial charge in [-0.1, -0.05) is 18.2 Å². The molecule has 1 atom stereocenters. The molecule has 0 saturated carbocycles. The van der Waals surface area contributed by atoms with Crippen LogP contribution < -0.4 is 10.2 Å². The van der Waals surface area contributed by atoms with Crippen molar-refractivity contribution in [3.05, 3.63) is 88.1 Å². The van der Waals surface area contributed by atoms with Crippen LogP contribution in [-0.4, -0.2) is 52.9 Å². The maximum Gasteiger partial charge on any atom is 0.254 e. The minimum absolute atomic E-state index is 0.0268. The first-order valence-corrected chi connectivity index (χ1v) is 12.8. The van der Waals surface area contributed by atoms with Crippen LogP contribution in [0.2, 0.25) is 0 Å². The molecule has 1 aliphatic heterocycles. The maximum atomic E-state index is 14.1. The molecule has 0 spiro atoms. The second-order valence-corrected chi connectivity index (χ2v) is 10.0. The Morgan fingerprint density at radius 1 is 1.03 bits per heavy atom. The zero-order chi connectivity index (χ0) is 26.1. The maximum absolute atomic E-state index is 14.1. The molecule has 192 valence electrons. The summed E-state index contributed by atoms with van der Waals surface area (Å²) in [6.07, 6.45) is 3.25. The number of piperidine rings is 1. The van der Waals surface area contributed by atoms with Gasteiger partial charge in [-0.25, -0.2) is 14.4 Å². The van der Waals surface area contributed by atoms with Crippen LogP contribution in [0.25, 0.3) is 0 Å². The lowest BCUT2D eigenvalue weighted by Crippen LogP contribution is -2.46. The average Bonchev–Trinajstić information content (AvgIpc) is 3.29. The molecule has 7 nitrogen and oxygen atoms in total. The van der Waals surface area contributed by atoms with Gasteiger partial charge < -0.3 is 15.1 Å². The molecule has 8 heteroatoms. The highest BCUT2D eigenvalue weighted by Gasteiger charge is 2.30. The van der Waals surface area contributed by atoms with Crippen molar-refractivity contribution in [3.63, 3.8) is 0 Å². The van der Waals surface area contributed by atoms with E-state index < -0.39 is 11.7 Å². The molecule has 1 fully saturated rings. The van der Waals surface area contributed by atoms with Gasteiger partial charge in [-0.15, -0.1) is 0 Å². The van der Waals surface area contributed by atoms with E-state index in [2.05, 4.69) is 20.2 Å². The zero-order valence-corrected chi connectivity index (χ0v) is 21.5. The predicted molar refractivity (Wildman–Crippen MR) is 140 cm³/mol. The predicted octanol–water partition coefficient (Wildman–Crippen LogP) is 4.39. The Hall–Kier alpha value is -3.81. The van der Waals surface area contributed by atoms with Crippen molar-refractivity contribution in [1.29, 1.82) is 0 Å². The summed E-state index contributed by atoms with van der Waals surface area (Å²) in [5, 5.41) is 2.96. The highest BCUT2D eigenvalue weighted by Crippen LogP contribution is 2.33. The second kappa shape index (κ2) is 10.3. The molecule has 1 N–H and O–H groups in total. The number of nitrogens with zero attached hydrogens (tertiary/aromatic N) is 4. The lowest BCUT2D eigenvalue weighted by atomic mass is 10.00. The molecule has 1 aliphatic carbocycles. The zero-order valence-electron chi connectivity index (χ0n) is 21.5. The van der Waals surface area contributed by atoms with Crippen LogP contribution in [0.1, 0.15) is 68.7 Å². The molecular formula is C29H32FN5O2. The quantitative estimate of drug-likeness (QED) is 0.561. The largest absolute Gasteiger partial charge is 0.356 e. The highest BCUT2D eigenvalue weighted by molar-refractivity contribution is 5.96. The summed E-state index contributed by atoms with van der Waals surface area (Å²) in [6.45, 7) is 5.53. The molecule has 1 saturated heterocycles. The number of aromatic nitrogens is 2. The van der Waals surface area contributed by atoms with Gasteiger partial charge in [-0.3, -0.25) is 9.59 Å². The number of aryl methyl sites for hydroxylation is 3. The van der Waals surface area contributed by atoms with E-state index in [4.69, 9.17) is 0 Å². The molecule has 2 aliphatic rings. The lowest BCUT2D eigenvalue weighted by molar-refractivity contribution is 0.0709. The Kier molecular flexibility index (Phi) is 6.91. The molecule has 1 aromatic heterocycles. The molecular weight excluding hydrogens is 469 g/mol. The Labute approximate surface area is 216 Å². The van der Waals surface area contributed by atoms with E-state index >= 15 is 0 Å². The third kappa shape index (κ3) is 5.19. The van der Waals surface area contributed by atoms with Gasteiger partial charge in [0.2, 0.25) is 0 Å². The van der Waals surface area contributed by atoms with Crippen molar-refractivity contribution >= 4 is 17.6 Å². The molecule has 2 aromatic carbocycles. The van der Waals surface area contributed by atoms with E-state index in [0.29, 0.717) is 5.56 Å². The van der Waals surface area contributed by atoms with Crippen molar-refractivity contribution in [2.75, 3.05) is 25.0 Å². The summed E-state index contributed by atoms with van der Waals surface area (Å²) in [5.74, 6) is 0.704. The van der Waals surface area contributed by atoms with Crippen LogP contribution in [0, 0.1) is 19.7 Å². The van der Waals surface area contributed by atoms with Crippen LogP contribution >= 0.6 is 0 Å². The van der Waals surface area contributed by atoms with Gasteiger partial charge in [0.25, 0.3) is 11.8 Å². The van der Waals surface area contributed by atoms with Crippen LogP contribution in [0.5, 0.6) is 0 Å². The first kappa shape index (κ1) is 24.9. The fraction of sp³-hybridized carbons (Fsp3) is 0.379. The number of hydrogen-bond donors (Lipinski definition) is 1. The van der Waals surface area contributed by atoms with Gasteiger partial charge in [0.05, 0.1) is 11.6 Å². The molecule has 2 heterocycles. The van der Waals surface area contributed by atoms with E-state index in [0.717, 1.165) is 67.2 Å². The Morgan fingerprint density at radius 3 is 2.51 bits per heavy atom. The summed E-state index contributed by atoms with van der Waals surface area (Å²) >= 11 is 0. The monoisotopic (exact) mass is 501 g/mol. The van der Waals surface area contributed by atoms with Crippen molar-refractivity contribution in [2.24, 2.45) is 0 Å². The average molecular weight is 502 g/mol. The number of rotatable bonds is 5. The fourth-order valence-corrected chi connectivity index (χ4v) is 5.48. The van der Waals surface area contributed by atoms with Gasteiger partial charge in [-0.05, 0) is 74.9 Å². The standard InChI is InChI=1S/C29H32FN5O2/c1-18-16-27(32-19(2)31-18)35-14-12-22(13-15-35)34(3)29(37)21-9-8-20-10-11-26(24(20)17-21)33-28(36)23-6-4-5-7-25(23)30/h4-9,16-17,22,26H,10-15H2,1-3H3,(H,33,36)/t26-/m1/s1. The molecule has 2 amide bonds. The summed E-state index contributed by atoms with van der Waals surface area (Å²) in [7, 11) is 1.87. The van der Waals surface area contributed by atoms with E-state index in [1.165, 1.54) is 12.1 Å². The highest BCUT2D eigenvalue weighted by atomic mass is 19.1. The van der Waals surface area contributed by atoms with Gasteiger partial charge in [0, 0.05) is 43.5 Å². The van der Waals surface area contributed by atoms with Gasteiger partial charge in [0.1, 0.15) is 17.5 Å². The van der Waals surface area contributed by atoms with Gasteiger partial charge in [0.15, 0.2) is 0 Å². The number of benzene rings is 2. The summed E-state index contributed by atoms with van der Waals surface area (Å²) in [4.78, 5) is 39.2. The number of anilines is 1.